The van der Waals surface area contributed by atoms with Crippen LogP contribution in [0.3, 0.4) is 0 Å². The van der Waals surface area contributed by atoms with E-state index in [1.165, 1.54) is 0 Å². The molecule has 7 heteroatoms. The fourth-order valence-electron chi connectivity index (χ4n) is 3.26. The van der Waals surface area contributed by atoms with E-state index in [4.69, 9.17) is 18.9 Å². The van der Waals surface area contributed by atoms with Crippen LogP contribution in [0.15, 0.2) is 60.7 Å². The summed E-state index contributed by atoms with van der Waals surface area (Å²) in [6, 6.07) is 17.7. The van der Waals surface area contributed by atoms with E-state index in [-0.39, 0.29) is 6.61 Å². The van der Waals surface area contributed by atoms with Crippen LogP contribution < -0.4 is 0 Å². The average Bonchev–Trinajstić information content (AvgIpc) is 2.72. The molecule has 0 saturated carbocycles. The Balaban J connectivity index is 1.55. The summed E-state index contributed by atoms with van der Waals surface area (Å²) in [7, 11) is 0. The first-order chi connectivity index (χ1) is 13.1. The van der Waals surface area contributed by atoms with Crippen molar-refractivity contribution in [2.75, 3.05) is 6.61 Å². The lowest BCUT2D eigenvalue weighted by Gasteiger charge is -2.46. The van der Waals surface area contributed by atoms with Crippen molar-refractivity contribution < 1.29 is 34.0 Å². The van der Waals surface area contributed by atoms with Gasteiger partial charge >= 0.3 is 5.97 Å². The summed E-state index contributed by atoms with van der Waals surface area (Å²) in [4.78, 5) is 12.4. The summed E-state index contributed by atoms with van der Waals surface area (Å²) in [6.07, 6.45) is -6.17. The highest BCUT2D eigenvalue weighted by Crippen LogP contribution is 2.35. The number of carbonyl (C=O) groups is 1. The normalized spacial score (nSPS) is 33.1. The van der Waals surface area contributed by atoms with Gasteiger partial charge in [-0.1, -0.05) is 48.5 Å². The summed E-state index contributed by atoms with van der Waals surface area (Å²) in [6.45, 7) is 0.132. The fourth-order valence-corrected chi connectivity index (χ4v) is 3.26. The zero-order valence-electron chi connectivity index (χ0n) is 14.4. The van der Waals surface area contributed by atoms with Gasteiger partial charge < -0.3 is 29.2 Å². The van der Waals surface area contributed by atoms with Crippen molar-refractivity contribution >= 4 is 5.97 Å². The molecule has 2 aliphatic rings. The molecule has 2 N–H and O–H groups in total. The zero-order chi connectivity index (χ0) is 18.8. The van der Waals surface area contributed by atoms with Crippen LogP contribution in [0.1, 0.15) is 22.2 Å². The molecule has 7 nitrogen and oxygen atoms in total. The number of aliphatic hydroxyl groups excluding tert-OH is 2. The SMILES string of the molecule is O=C(O[C@@H]1[C@H](O)[C@@H](O)O[C@@H]2COC(c3ccccc3)O[C@@H]12)c1ccccc1. The van der Waals surface area contributed by atoms with Crippen LogP contribution in [0.5, 0.6) is 0 Å². The Morgan fingerprint density at radius 1 is 0.963 bits per heavy atom. The van der Waals surface area contributed by atoms with Gasteiger partial charge in [0, 0.05) is 5.56 Å². The maximum absolute atomic E-state index is 12.4. The molecule has 2 heterocycles. The first kappa shape index (κ1) is 18.1. The third-order valence-electron chi connectivity index (χ3n) is 4.65. The molecule has 2 saturated heterocycles. The minimum Gasteiger partial charge on any atom is -0.453 e. The van der Waals surface area contributed by atoms with Crippen molar-refractivity contribution in [3.05, 3.63) is 71.8 Å². The molecule has 2 fully saturated rings. The molecule has 0 bridgehead atoms. The van der Waals surface area contributed by atoms with Crippen molar-refractivity contribution in [2.45, 2.75) is 37.0 Å². The second-order valence-corrected chi connectivity index (χ2v) is 6.47. The maximum atomic E-state index is 12.4. The highest BCUT2D eigenvalue weighted by atomic mass is 16.7. The largest absolute Gasteiger partial charge is 0.453 e. The van der Waals surface area contributed by atoms with Crippen LogP contribution in [0.4, 0.5) is 0 Å². The minimum atomic E-state index is -1.50. The van der Waals surface area contributed by atoms with E-state index in [1.54, 1.807) is 30.3 Å². The molecule has 0 aromatic heterocycles. The first-order valence-corrected chi connectivity index (χ1v) is 8.73. The van der Waals surface area contributed by atoms with E-state index in [9.17, 15) is 15.0 Å². The quantitative estimate of drug-likeness (QED) is 0.787. The van der Waals surface area contributed by atoms with Gasteiger partial charge in [-0.2, -0.15) is 0 Å². The molecule has 4 rings (SSSR count). The highest BCUT2D eigenvalue weighted by Gasteiger charge is 2.51. The third-order valence-corrected chi connectivity index (χ3v) is 4.65. The summed E-state index contributed by atoms with van der Waals surface area (Å²) in [5, 5.41) is 20.3. The van der Waals surface area contributed by atoms with Crippen molar-refractivity contribution in [1.29, 1.82) is 0 Å². The van der Waals surface area contributed by atoms with Crippen LogP contribution in [-0.2, 0) is 18.9 Å². The van der Waals surface area contributed by atoms with Crippen LogP contribution in [-0.4, -0.2) is 53.5 Å². The predicted octanol–water partition coefficient (Wildman–Crippen LogP) is 1.40. The van der Waals surface area contributed by atoms with Crippen LogP contribution >= 0.6 is 0 Å². The molecule has 2 aromatic carbocycles. The van der Waals surface area contributed by atoms with Crippen molar-refractivity contribution in [3.8, 4) is 0 Å². The number of hydrogen-bond acceptors (Lipinski definition) is 7. The number of esters is 1. The molecular weight excluding hydrogens is 352 g/mol. The van der Waals surface area contributed by atoms with E-state index < -0.39 is 43.0 Å². The molecule has 27 heavy (non-hydrogen) atoms. The number of rotatable bonds is 3. The van der Waals surface area contributed by atoms with Crippen LogP contribution in [0.2, 0.25) is 0 Å². The molecule has 2 aliphatic heterocycles. The Labute approximate surface area is 156 Å². The standard InChI is InChI=1S/C20H20O7/c21-15-17(26-18(22)12-7-3-1-4-8-12)16-14(25-19(15)23)11-24-20(27-16)13-9-5-2-6-10-13/h1-10,14-17,19-21,23H,11H2/t14-,15+,16-,17-,19+,20?/m1/s1. The fraction of sp³-hybridized carbons (Fsp3) is 0.350. The average molecular weight is 372 g/mol. The van der Waals surface area contributed by atoms with Gasteiger partial charge in [0.05, 0.1) is 12.2 Å². The summed E-state index contributed by atoms with van der Waals surface area (Å²) < 4.78 is 22.5. The molecule has 0 spiro atoms. The van der Waals surface area contributed by atoms with Crippen molar-refractivity contribution in [3.63, 3.8) is 0 Å². The van der Waals surface area contributed by atoms with E-state index in [0.29, 0.717) is 5.56 Å². The summed E-state index contributed by atoms with van der Waals surface area (Å²) >= 11 is 0. The molecule has 0 radical (unpaired) electrons. The number of benzene rings is 2. The second-order valence-electron chi connectivity index (χ2n) is 6.47. The van der Waals surface area contributed by atoms with Gasteiger partial charge in [0.25, 0.3) is 0 Å². The molecule has 0 amide bonds. The molecule has 2 aromatic rings. The minimum absolute atomic E-state index is 0.132. The Morgan fingerprint density at radius 3 is 2.33 bits per heavy atom. The third kappa shape index (κ3) is 3.73. The topological polar surface area (TPSA) is 94.5 Å². The van der Waals surface area contributed by atoms with Gasteiger partial charge in [0.1, 0.15) is 18.3 Å². The van der Waals surface area contributed by atoms with Gasteiger partial charge in [-0.25, -0.2) is 4.79 Å². The zero-order valence-corrected chi connectivity index (χ0v) is 14.4. The molecule has 142 valence electrons. The van der Waals surface area contributed by atoms with E-state index >= 15 is 0 Å². The number of ether oxygens (including phenoxy) is 4. The number of carbonyl (C=O) groups excluding carboxylic acids is 1. The van der Waals surface area contributed by atoms with E-state index in [0.717, 1.165) is 5.56 Å². The van der Waals surface area contributed by atoms with E-state index in [2.05, 4.69) is 0 Å². The van der Waals surface area contributed by atoms with Gasteiger partial charge in [-0.3, -0.25) is 0 Å². The highest BCUT2D eigenvalue weighted by molar-refractivity contribution is 5.89. The summed E-state index contributed by atoms with van der Waals surface area (Å²) in [5.41, 5.74) is 1.14. The number of aliphatic hydroxyl groups is 2. The monoisotopic (exact) mass is 372 g/mol. The first-order valence-electron chi connectivity index (χ1n) is 8.73. The second kappa shape index (κ2) is 7.75. The van der Waals surface area contributed by atoms with Crippen molar-refractivity contribution in [2.24, 2.45) is 0 Å². The molecular formula is C20H20O7. The van der Waals surface area contributed by atoms with Gasteiger partial charge in [-0.05, 0) is 12.1 Å². The van der Waals surface area contributed by atoms with Gasteiger partial charge in [0.2, 0.25) is 0 Å². The lowest BCUT2D eigenvalue weighted by Crippen LogP contribution is -2.62. The van der Waals surface area contributed by atoms with Crippen molar-refractivity contribution in [1.82, 2.24) is 0 Å². The van der Waals surface area contributed by atoms with Crippen LogP contribution in [0, 0.1) is 0 Å². The smallest absolute Gasteiger partial charge is 0.338 e. The van der Waals surface area contributed by atoms with Gasteiger partial charge in [0.15, 0.2) is 18.7 Å². The lowest BCUT2D eigenvalue weighted by atomic mass is 9.97. The van der Waals surface area contributed by atoms with Gasteiger partial charge in [-0.15, -0.1) is 0 Å². The van der Waals surface area contributed by atoms with E-state index in [1.807, 2.05) is 30.3 Å². The Morgan fingerprint density at radius 2 is 1.63 bits per heavy atom. The molecule has 0 aliphatic carbocycles. The Bertz CT molecular complexity index is 766. The van der Waals surface area contributed by atoms with Crippen LogP contribution in [0.25, 0.3) is 0 Å². The number of fused-ring (bicyclic) bond motifs is 1. The molecule has 6 atom stereocenters. The predicted molar refractivity (Wildman–Crippen MR) is 92.5 cm³/mol. The Kier molecular flexibility index (Phi) is 5.20. The molecule has 1 unspecified atom stereocenters. The lowest BCUT2D eigenvalue weighted by molar-refractivity contribution is -0.353. The maximum Gasteiger partial charge on any atom is 0.338 e. The summed E-state index contributed by atoms with van der Waals surface area (Å²) in [5.74, 6) is -0.612. The number of hydrogen-bond donors (Lipinski definition) is 2. The Hall–Kier alpha value is -2.29.